The molecule has 4 nitrogen and oxygen atoms in total. The van der Waals surface area contributed by atoms with Gasteiger partial charge in [-0.3, -0.25) is 4.79 Å². The van der Waals surface area contributed by atoms with E-state index in [0.717, 1.165) is 30.1 Å². The SMILES string of the molecule is CCCCCCCCCCCCCCOc1ccc(C(=O)Nc2ccccc2CN2C=CSC2)cc1Cl. The number of nitrogens with zero attached hydrogens (tertiary/aromatic N) is 1. The third-order valence-electron chi connectivity index (χ3n) is 6.70. The number of hydrogen-bond acceptors (Lipinski definition) is 4. The Morgan fingerprint density at radius 2 is 1.62 bits per heavy atom. The van der Waals surface area contributed by atoms with E-state index in [1.54, 1.807) is 30.0 Å². The van der Waals surface area contributed by atoms with E-state index in [0.29, 0.717) is 22.9 Å². The maximum absolute atomic E-state index is 12.9. The summed E-state index contributed by atoms with van der Waals surface area (Å²) in [6.07, 6.45) is 17.9. The minimum absolute atomic E-state index is 0.173. The number of rotatable bonds is 18. The zero-order chi connectivity index (χ0) is 26.1. The Morgan fingerprint density at radius 3 is 2.27 bits per heavy atom. The molecule has 1 heterocycles. The van der Waals surface area contributed by atoms with Crippen LogP contribution >= 0.6 is 23.4 Å². The van der Waals surface area contributed by atoms with Crippen molar-refractivity contribution in [1.29, 1.82) is 0 Å². The van der Waals surface area contributed by atoms with E-state index in [4.69, 9.17) is 16.3 Å². The van der Waals surface area contributed by atoms with Crippen molar-refractivity contribution in [3.05, 3.63) is 70.2 Å². The Balaban J connectivity index is 1.33. The summed E-state index contributed by atoms with van der Waals surface area (Å²) < 4.78 is 5.90. The van der Waals surface area contributed by atoms with E-state index in [-0.39, 0.29) is 5.91 Å². The number of amides is 1. The zero-order valence-corrected chi connectivity index (χ0v) is 23.9. The molecule has 2 aromatic carbocycles. The van der Waals surface area contributed by atoms with E-state index in [2.05, 4.69) is 28.7 Å². The molecule has 0 spiro atoms. The summed E-state index contributed by atoms with van der Waals surface area (Å²) in [4.78, 5) is 15.1. The number of carbonyl (C=O) groups excluding carboxylic acids is 1. The lowest BCUT2D eigenvalue weighted by Crippen LogP contribution is -2.17. The first kappa shape index (κ1) is 29.4. The number of benzene rings is 2. The van der Waals surface area contributed by atoms with Gasteiger partial charge in [0.25, 0.3) is 5.91 Å². The Labute approximate surface area is 233 Å². The molecule has 0 saturated carbocycles. The molecule has 1 N–H and O–H groups in total. The highest BCUT2D eigenvalue weighted by molar-refractivity contribution is 8.02. The average molecular weight is 543 g/mol. The quantitative estimate of drug-likeness (QED) is 0.190. The molecule has 6 heteroatoms. The number of hydrogen-bond donors (Lipinski definition) is 1. The fraction of sp³-hybridized carbons (Fsp3) is 0.516. The Bertz CT molecular complexity index is 981. The molecule has 1 aliphatic heterocycles. The van der Waals surface area contributed by atoms with Crippen LogP contribution in [0.15, 0.2) is 54.1 Å². The standard InChI is InChI=1S/C31H43ClN2O2S/c1-2-3-4-5-6-7-8-9-10-11-12-15-21-36-30-19-18-26(23-28(30)32)31(35)33-29-17-14-13-16-27(29)24-34-20-22-37-25-34/h13-14,16-20,22-23H,2-12,15,21,24-25H2,1H3,(H,33,35). The minimum atomic E-state index is -0.173. The van der Waals surface area contributed by atoms with Gasteiger partial charge in [-0.1, -0.05) is 107 Å². The van der Waals surface area contributed by atoms with Gasteiger partial charge in [0.15, 0.2) is 0 Å². The first-order valence-electron chi connectivity index (χ1n) is 14.0. The summed E-state index contributed by atoms with van der Waals surface area (Å²) in [5.41, 5.74) is 2.42. The van der Waals surface area contributed by atoms with Gasteiger partial charge in [-0.2, -0.15) is 0 Å². The van der Waals surface area contributed by atoms with Crippen LogP contribution in [0.5, 0.6) is 5.75 Å². The van der Waals surface area contributed by atoms with Crippen molar-refractivity contribution in [3.63, 3.8) is 0 Å². The van der Waals surface area contributed by atoms with Crippen LogP contribution in [-0.2, 0) is 6.54 Å². The third-order valence-corrected chi connectivity index (χ3v) is 7.79. The number of carbonyl (C=O) groups is 1. The molecule has 0 aliphatic carbocycles. The number of halogens is 1. The topological polar surface area (TPSA) is 41.6 Å². The van der Waals surface area contributed by atoms with E-state index in [1.165, 1.54) is 70.6 Å². The molecule has 2 aromatic rings. The zero-order valence-electron chi connectivity index (χ0n) is 22.4. The summed E-state index contributed by atoms with van der Waals surface area (Å²) in [7, 11) is 0. The minimum Gasteiger partial charge on any atom is -0.492 e. The van der Waals surface area contributed by atoms with Crippen molar-refractivity contribution >= 4 is 35.0 Å². The maximum atomic E-state index is 12.9. The third kappa shape index (κ3) is 11.0. The highest BCUT2D eigenvalue weighted by Crippen LogP contribution is 2.27. The second-order valence-electron chi connectivity index (χ2n) is 9.82. The van der Waals surface area contributed by atoms with E-state index < -0.39 is 0 Å². The van der Waals surface area contributed by atoms with Crippen LogP contribution in [0, 0.1) is 0 Å². The smallest absolute Gasteiger partial charge is 0.255 e. The summed E-state index contributed by atoms with van der Waals surface area (Å²) in [5, 5.41) is 5.61. The monoisotopic (exact) mass is 542 g/mol. The number of nitrogens with one attached hydrogen (secondary N) is 1. The van der Waals surface area contributed by atoms with Crippen LogP contribution in [-0.4, -0.2) is 23.3 Å². The van der Waals surface area contributed by atoms with Gasteiger partial charge in [0, 0.05) is 24.0 Å². The first-order chi connectivity index (χ1) is 18.2. The van der Waals surface area contributed by atoms with Gasteiger partial charge in [-0.05, 0) is 41.7 Å². The highest BCUT2D eigenvalue weighted by Gasteiger charge is 2.14. The van der Waals surface area contributed by atoms with Crippen molar-refractivity contribution in [2.45, 2.75) is 90.5 Å². The second-order valence-corrected chi connectivity index (χ2v) is 11.1. The van der Waals surface area contributed by atoms with Gasteiger partial charge in [0.1, 0.15) is 5.75 Å². The highest BCUT2D eigenvalue weighted by atomic mass is 35.5. The molecule has 0 radical (unpaired) electrons. The molecule has 0 fully saturated rings. The van der Waals surface area contributed by atoms with Crippen molar-refractivity contribution < 1.29 is 9.53 Å². The lowest BCUT2D eigenvalue weighted by Gasteiger charge is -2.18. The molecule has 1 aliphatic rings. The summed E-state index contributed by atoms with van der Waals surface area (Å²) >= 11 is 8.22. The van der Waals surface area contributed by atoms with E-state index >= 15 is 0 Å². The van der Waals surface area contributed by atoms with Crippen LogP contribution in [0.1, 0.15) is 99.9 Å². The van der Waals surface area contributed by atoms with Gasteiger partial charge < -0.3 is 15.0 Å². The molecule has 37 heavy (non-hydrogen) atoms. The lowest BCUT2D eigenvalue weighted by molar-refractivity contribution is 0.102. The Morgan fingerprint density at radius 1 is 0.946 bits per heavy atom. The predicted octanol–water partition coefficient (Wildman–Crippen LogP) is 9.65. The molecule has 0 saturated heterocycles. The van der Waals surface area contributed by atoms with Gasteiger partial charge in [0.2, 0.25) is 0 Å². The summed E-state index contributed by atoms with van der Waals surface area (Å²) in [5.74, 6) is 1.40. The molecular weight excluding hydrogens is 500 g/mol. The second kappa shape index (κ2) is 17.4. The van der Waals surface area contributed by atoms with Crippen LogP contribution in [0.3, 0.4) is 0 Å². The van der Waals surface area contributed by atoms with Crippen molar-refractivity contribution in [2.24, 2.45) is 0 Å². The van der Waals surface area contributed by atoms with Gasteiger partial charge >= 0.3 is 0 Å². The molecule has 202 valence electrons. The number of ether oxygens (including phenoxy) is 1. The Kier molecular flexibility index (Phi) is 13.9. The number of anilines is 1. The molecule has 0 unspecified atom stereocenters. The predicted molar refractivity (Wildman–Crippen MR) is 160 cm³/mol. The largest absolute Gasteiger partial charge is 0.492 e. The number of unbranched alkanes of at least 4 members (excludes halogenated alkanes) is 11. The molecule has 0 bridgehead atoms. The van der Waals surface area contributed by atoms with Crippen molar-refractivity contribution in [3.8, 4) is 5.75 Å². The van der Waals surface area contributed by atoms with Crippen LogP contribution in [0.4, 0.5) is 5.69 Å². The summed E-state index contributed by atoms with van der Waals surface area (Å²) in [6, 6.07) is 13.2. The molecule has 3 rings (SSSR count). The number of para-hydroxylation sites is 1. The lowest BCUT2D eigenvalue weighted by atomic mass is 10.1. The molecule has 0 atom stereocenters. The molecular formula is C31H43ClN2O2S. The molecule has 0 aromatic heterocycles. The van der Waals surface area contributed by atoms with Gasteiger partial charge in [-0.15, -0.1) is 11.8 Å². The Hall–Kier alpha value is -2.11. The first-order valence-corrected chi connectivity index (χ1v) is 15.4. The van der Waals surface area contributed by atoms with E-state index in [9.17, 15) is 4.79 Å². The van der Waals surface area contributed by atoms with Crippen molar-refractivity contribution in [2.75, 3.05) is 17.8 Å². The maximum Gasteiger partial charge on any atom is 0.255 e. The van der Waals surface area contributed by atoms with Crippen LogP contribution in [0.25, 0.3) is 0 Å². The van der Waals surface area contributed by atoms with E-state index in [1.807, 2.05) is 24.3 Å². The fourth-order valence-corrected chi connectivity index (χ4v) is 5.44. The summed E-state index contributed by atoms with van der Waals surface area (Å²) in [6.45, 7) is 3.68. The molecule has 1 amide bonds. The van der Waals surface area contributed by atoms with Crippen LogP contribution < -0.4 is 10.1 Å². The number of thioether (sulfide) groups is 1. The average Bonchev–Trinajstić information content (AvgIpc) is 3.42. The van der Waals surface area contributed by atoms with Crippen molar-refractivity contribution in [1.82, 2.24) is 4.90 Å². The van der Waals surface area contributed by atoms with Gasteiger partial charge in [-0.25, -0.2) is 0 Å². The van der Waals surface area contributed by atoms with Crippen LogP contribution in [0.2, 0.25) is 5.02 Å². The van der Waals surface area contributed by atoms with Gasteiger partial charge in [0.05, 0.1) is 17.5 Å². The normalized spacial score (nSPS) is 12.8. The fourth-order valence-electron chi connectivity index (χ4n) is 4.49.